The smallest absolute Gasteiger partial charge is 0.223 e. The number of rotatable bonds is 3. The first-order valence-corrected chi connectivity index (χ1v) is 4.83. The van der Waals surface area contributed by atoms with Crippen molar-refractivity contribution in [3.8, 4) is 0 Å². The Hall–Kier alpha value is -0.610. The quantitative estimate of drug-likeness (QED) is 0.636. The Balaban J connectivity index is 2.21. The SMILES string of the molecule is CN(C)CCC(=O)N1CCNCC1. The van der Waals surface area contributed by atoms with Crippen molar-refractivity contribution in [2.75, 3.05) is 46.8 Å². The van der Waals surface area contributed by atoms with Gasteiger partial charge in [-0.3, -0.25) is 4.79 Å². The average molecular weight is 185 g/mol. The zero-order valence-electron chi connectivity index (χ0n) is 8.55. The second kappa shape index (κ2) is 5.19. The van der Waals surface area contributed by atoms with E-state index in [9.17, 15) is 4.79 Å². The van der Waals surface area contributed by atoms with Crippen LogP contribution >= 0.6 is 0 Å². The van der Waals surface area contributed by atoms with Gasteiger partial charge in [0, 0.05) is 39.1 Å². The van der Waals surface area contributed by atoms with Crippen LogP contribution in [-0.2, 0) is 4.79 Å². The van der Waals surface area contributed by atoms with Crippen LogP contribution in [0, 0.1) is 0 Å². The highest BCUT2D eigenvalue weighted by Gasteiger charge is 2.15. The number of hydrogen-bond donors (Lipinski definition) is 1. The van der Waals surface area contributed by atoms with Gasteiger partial charge in [0.25, 0.3) is 0 Å². The van der Waals surface area contributed by atoms with Crippen molar-refractivity contribution >= 4 is 5.91 Å². The molecule has 0 saturated carbocycles. The van der Waals surface area contributed by atoms with Gasteiger partial charge < -0.3 is 15.1 Å². The normalized spacial score (nSPS) is 17.9. The molecule has 1 saturated heterocycles. The van der Waals surface area contributed by atoms with E-state index >= 15 is 0 Å². The molecule has 0 aliphatic carbocycles. The summed E-state index contributed by atoms with van der Waals surface area (Å²) in [5.74, 6) is 0.287. The second-order valence-corrected chi connectivity index (χ2v) is 3.68. The fourth-order valence-corrected chi connectivity index (χ4v) is 1.39. The maximum Gasteiger partial charge on any atom is 0.223 e. The molecular formula is C9H19N3O. The Bertz CT molecular complexity index is 164. The average Bonchev–Trinajstić information content (AvgIpc) is 2.15. The van der Waals surface area contributed by atoms with Crippen LogP contribution in [-0.4, -0.2) is 62.5 Å². The summed E-state index contributed by atoms with van der Waals surface area (Å²) in [5.41, 5.74) is 0. The Kier molecular flexibility index (Phi) is 4.18. The van der Waals surface area contributed by atoms with Crippen LogP contribution in [0.15, 0.2) is 0 Å². The minimum Gasteiger partial charge on any atom is -0.340 e. The number of amides is 1. The number of carbonyl (C=O) groups excluding carboxylic acids is 1. The largest absolute Gasteiger partial charge is 0.340 e. The molecule has 1 amide bonds. The van der Waals surface area contributed by atoms with Gasteiger partial charge in [0.05, 0.1) is 0 Å². The third-order valence-corrected chi connectivity index (χ3v) is 2.24. The van der Waals surface area contributed by atoms with E-state index in [1.165, 1.54) is 0 Å². The maximum absolute atomic E-state index is 11.6. The Morgan fingerprint density at radius 3 is 2.54 bits per heavy atom. The molecule has 1 rings (SSSR count). The van der Waals surface area contributed by atoms with E-state index in [1.54, 1.807) is 0 Å². The van der Waals surface area contributed by atoms with Crippen molar-refractivity contribution in [1.82, 2.24) is 15.1 Å². The van der Waals surface area contributed by atoms with Crippen molar-refractivity contribution in [2.24, 2.45) is 0 Å². The summed E-state index contributed by atoms with van der Waals surface area (Å²) in [6.45, 7) is 4.46. The molecule has 1 heterocycles. The van der Waals surface area contributed by atoms with Crippen LogP contribution in [0.4, 0.5) is 0 Å². The van der Waals surface area contributed by atoms with Crippen molar-refractivity contribution < 1.29 is 4.79 Å². The number of piperazine rings is 1. The Labute approximate surface area is 79.9 Å². The molecule has 13 heavy (non-hydrogen) atoms. The lowest BCUT2D eigenvalue weighted by atomic mass is 10.3. The molecule has 0 aromatic rings. The second-order valence-electron chi connectivity index (χ2n) is 3.68. The molecule has 1 aliphatic heterocycles. The monoisotopic (exact) mass is 185 g/mol. The number of nitrogens with one attached hydrogen (secondary N) is 1. The van der Waals surface area contributed by atoms with Gasteiger partial charge in [-0.1, -0.05) is 0 Å². The van der Waals surface area contributed by atoms with Gasteiger partial charge in [0.15, 0.2) is 0 Å². The summed E-state index contributed by atoms with van der Waals surface area (Å²) < 4.78 is 0. The van der Waals surface area contributed by atoms with E-state index in [1.807, 2.05) is 23.9 Å². The summed E-state index contributed by atoms with van der Waals surface area (Å²) >= 11 is 0. The lowest BCUT2D eigenvalue weighted by molar-refractivity contribution is -0.132. The molecule has 0 aromatic heterocycles. The van der Waals surface area contributed by atoms with E-state index in [2.05, 4.69) is 5.32 Å². The molecule has 0 atom stereocenters. The van der Waals surface area contributed by atoms with E-state index in [0.717, 1.165) is 32.7 Å². The van der Waals surface area contributed by atoms with E-state index in [-0.39, 0.29) is 5.91 Å². The van der Waals surface area contributed by atoms with E-state index < -0.39 is 0 Å². The van der Waals surface area contributed by atoms with Gasteiger partial charge in [-0.05, 0) is 14.1 Å². The summed E-state index contributed by atoms with van der Waals surface area (Å²) in [6.07, 6.45) is 0.646. The number of hydrogen-bond acceptors (Lipinski definition) is 3. The van der Waals surface area contributed by atoms with Crippen molar-refractivity contribution in [3.63, 3.8) is 0 Å². The lowest BCUT2D eigenvalue weighted by Gasteiger charge is -2.27. The molecule has 0 radical (unpaired) electrons. The minimum atomic E-state index is 0.287. The first-order valence-electron chi connectivity index (χ1n) is 4.83. The van der Waals surface area contributed by atoms with Gasteiger partial charge in [0.1, 0.15) is 0 Å². The summed E-state index contributed by atoms with van der Waals surface area (Å²) in [4.78, 5) is 15.6. The summed E-state index contributed by atoms with van der Waals surface area (Å²) in [5, 5.41) is 3.23. The highest BCUT2D eigenvalue weighted by atomic mass is 16.2. The van der Waals surface area contributed by atoms with Gasteiger partial charge in [-0.25, -0.2) is 0 Å². The fraction of sp³-hybridized carbons (Fsp3) is 0.889. The Morgan fingerprint density at radius 2 is 2.00 bits per heavy atom. The number of carbonyl (C=O) groups is 1. The molecule has 1 aliphatic rings. The minimum absolute atomic E-state index is 0.287. The first-order chi connectivity index (χ1) is 6.20. The maximum atomic E-state index is 11.6. The summed E-state index contributed by atoms with van der Waals surface area (Å²) in [6, 6.07) is 0. The lowest BCUT2D eigenvalue weighted by Crippen LogP contribution is -2.46. The van der Waals surface area contributed by atoms with Crippen LogP contribution in [0.1, 0.15) is 6.42 Å². The molecule has 4 nitrogen and oxygen atoms in total. The topological polar surface area (TPSA) is 35.6 Å². The third-order valence-electron chi connectivity index (χ3n) is 2.24. The molecule has 1 N–H and O–H groups in total. The van der Waals surface area contributed by atoms with E-state index in [0.29, 0.717) is 6.42 Å². The van der Waals surface area contributed by atoms with E-state index in [4.69, 9.17) is 0 Å². The van der Waals surface area contributed by atoms with Gasteiger partial charge in [0.2, 0.25) is 5.91 Å². The Morgan fingerprint density at radius 1 is 1.38 bits per heavy atom. The molecule has 0 spiro atoms. The zero-order valence-corrected chi connectivity index (χ0v) is 8.55. The van der Waals surface area contributed by atoms with Crippen molar-refractivity contribution in [2.45, 2.75) is 6.42 Å². The summed E-state index contributed by atoms with van der Waals surface area (Å²) in [7, 11) is 3.98. The predicted octanol–water partition coefficient (Wildman–Crippen LogP) is -0.630. The standard InChI is InChI=1S/C9H19N3O/c1-11(2)6-3-9(13)12-7-4-10-5-8-12/h10H,3-8H2,1-2H3. The van der Waals surface area contributed by atoms with Gasteiger partial charge in [-0.15, -0.1) is 0 Å². The molecule has 0 bridgehead atoms. The van der Waals surface area contributed by atoms with Crippen molar-refractivity contribution in [3.05, 3.63) is 0 Å². The van der Waals surface area contributed by atoms with Crippen LogP contribution in [0.3, 0.4) is 0 Å². The molecule has 0 aromatic carbocycles. The highest BCUT2D eigenvalue weighted by molar-refractivity contribution is 5.76. The van der Waals surface area contributed by atoms with Crippen LogP contribution in [0.25, 0.3) is 0 Å². The number of nitrogens with zero attached hydrogens (tertiary/aromatic N) is 2. The molecule has 1 fully saturated rings. The van der Waals surface area contributed by atoms with Gasteiger partial charge >= 0.3 is 0 Å². The third kappa shape index (κ3) is 3.74. The van der Waals surface area contributed by atoms with Crippen LogP contribution in [0.5, 0.6) is 0 Å². The highest BCUT2D eigenvalue weighted by Crippen LogP contribution is 1.97. The molecule has 0 unspecified atom stereocenters. The van der Waals surface area contributed by atoms with Crippen LogP contribution in [0.2, 0.25) is 0 Å². The molecular weight excluding hydrogens is 166 g/mol. The predicted molar refractivity (Wildman–Crippen MR) is 52.6 cm³/mol. The molecule has 4 heteroatoms. The van der Waals surface area contributed by atoms with Crippen LogP contribution < -0.4 is 5.32 Å². The zero-order chi connectivity index (χ0) is 9.68. The van der Waals surface area contributed by atoms with Crippen molar-refractivity contribution in [1.29, 1.82) is 0 Å². The van der Waals surface area contributed by atoms with Gasteiger partial charge in [-0.2, -0.15) is 0 Å². The molecule has 76 valence electrons. The first kappa shape index (κ1) is 10.5. The fourth-order valence-electron chi connectivity index (χ4n) is 1.39.